The number of fused-ring (bicyclic) bond motifs is 3. The number of hydrogen-bond acceptors (Lipinski definition) is 6. The molecule has 0 saturated heterocycles. The molecule has 5 rings (SSSR count). The van der Waals surface area contributed by atoms with Crippen LogP contribution in [0.3, 0.4) is 0 Å². The maximum absolute atomic E-state index is 13.6. The Labute approximate surface area is 217 Å². The molecule has 0 aliphatic carbocycles. The number of alkyl halides is 3. The molecule has 5 aromatic rings. The molecular weight excluding hydrogens is 497 g/mol. The summed E-state index contributed by atoms with van der Waals surface area (Å²) >= 11 is 0. The molecule has 0 saturated carbocycles. The van der Waals surface area contributed by atoms with Gasteiger partial charge in [-0.2, -0.15) is 18.3 Å². The van der Waals surface area contributed by atoms with Crippen LogP contribution in [0, 0.1) is 20.8 Å². The van der Waals surface area contributed by atoms with Crippen LogP contribution in [0.25, 0.3) is 33.2 Å². The zero-order valence-electron chi connectivity index (χ0n) is 22.1. The number of aryl methyl sites for hydroxylation is 4. The number of aromatic nitrogens is 6. The highest BCUT2D eigenvalue weighted by Crippen LogP contribution is 2.42. The van der Waals surface area contributed by atoms with Crippen molar-refractivity contribution in [1.29, 1.82) is 0 Å². The van der Waals surface area contributed by atoms with E-state index in [1.165, 1.54) is 0 Å². The Morgan fingerprint density at radius 1 is 1.11 bits per heavy atom. The van der Waals surface area contributed by atoms with Crippen molar-refractivity contribution in [3.63, 3.8) is 0 Å². The molecule has 1 atom stereocenters. The molecule has 0 spiro atoms. The summed E-state index contributed by atoms with van der Waals surface area (Å²) in [7, 11) is 1.74. The number of nitrogens with zero attached hydrogens (tertiary/aromatic N) is 6. The third-order valence-corrected chi connectivity index (χ3v) is 6.89. The zero-order chi connectivity index (χ0) is 27.6. The molecule has 1 N–H and O–H groups in total. The molecule has 0 aliphatic heterocycles. The van der Waals surface area contributed by atoms with Crippen molar-refractivity contribution in [3.05, 3.63) is 59.0 Å². The van der Waals surface area contributed by atoms with Gasteiger partial charge in [0.25, 0.3) is 0 Å². The van der Waals surface area contributed by atoms with Gasteiger partial charge >= 0.3 is 6.18 Å². The average Bonchev–Trinajstić information content (AvgIpc) is 3.45. The second-order valence-electron chi connectivity index (χ2n) is 10.3. The predicted octanol–water partition coefficient (Wildman–Crippen LogP) is 6.06. The lowest BCUT2D eigenvalue weighted by Crippen LogP contribution is -2.21. The van der Waals surface area contributed by atoms with Crippen molar-refractivity contribution in [2.75, 3.05) is 0 Å². The van der Waals surface area contributed by atoms with Gasteiger partial charge in [0.05, 0.1) is 28.5 Å². The number of aliphatic hydroxyl groups is 1. The zero-order valence-corrected chi connectivity index (χ0v) is 22.1. The summed E-state index contributed by atoms with van der Waals surface area (Å²) in [6, 6.07) is 4.68. The van der Waals surface area contributed by atoms with Crippen LogP contribution < -0.4 is 0 Å². The van der Waals surface area contributed by atoms with Crippen LogP contribution in [-0.4, -0.2) is 40.8 Å². The molecule has 0 radical (unpaired) electrons. The monoisotopic (exact) mass is 526 g/mol. The Kier molecular flexibility index (Phi) is 6.09. The topological polar surface area (TPSA) is 94.8 Å². The van der Waals surface area contributed by atoms with Crippen molar-refractivity contribution in [1.82, 2.24) is 29.5 Å². The van der Waals surface area contributed by atoms with Gasteiger partial charge in [-0.15, -0.1) is 0 Å². The van der Waals surface area contributed by atoms with Crippen LogP contribution in [0.5, 0.6) is 0 Å². The van der Waals surface area contributed by atoms with E-state index in [-0.39, 0.29) is 6.42 Å². The lowest BCUT2D eigenvalue weighted by Gasteiger charge is -2.24. The molecule has 0 amide bonds. The van der Waals surface area contributed by atoms with Crippen LogP contribution in [-0.2, 0) is 12.6 Å². The van der Waals surface area contributed by atoms with Crippen LogP contribution in [0.15, 0.2) is 35.1 Å². The first-order valence-corrected chi connectivity index (χ1v) is 12.3. The second kappa shape index (κ2) is 8.93. The minimum absolute atomic E-state index is 0.254. The molecule has 11 heteroatoms. The van der Waals surface area contributed by atoms with Crippen molar-refractivity contribution in [3.8, 4) is 11.1 Å². The van der Waals surface area contributed by atoms with Crippen molar-refractivity contribution >= 4 is 22.1 Å². The number of halogens is 3. The molecule has 0 fully saturated rings. The molecule has 200 valence electrons. The van der Waals surface area contributed by atoms with E-state index < -0.39 is 24.2 Å². The molecule has 38 heavy (non-hydrogen) atoms. The SMILES string of the molecule is Cc1cccnc1C(CCC(F)(F)F)n1c2cc(-c3c(C)noc3C)cnc2c2c1c(C(C)(C)O)nn2C. The van der Waals surface area contributed by atoms with Crippen molar-refractivity contribution in [2.45, 2.75) is 65.3 Å². The minimum atomic E-state index is -4.36. The van der Waals surface area contributed by atoms with Crippen LogP contribution >= 0.6 is 0 Å². The summed E-state index contributed by atoms with van der Waals surface area (Å²) in [5.41, 5.74) is 4.74. The Balaban J connectivity index is 1.91. The summed E-state index contributed by atoms with van der Waals surface area (Å²) in [4.78, 5) is 9.28. The largest absolute Gasteiger partial charge is 0.389 e. The first kappa shape index (κ1) is 25.9. The summed E-state index contributed by atoms with van der Waals surface area (Å²) < 4.78 is 49.6. The van der Waals surface area contributed by atoms with Crippen LogP contribution in [0.4, 0.5) is 13.2 Å². The smallest absolute Gasteiger partial charge is 0.384 e. The van der Waals surface area contributed by atoms with Gasteiger partial charge in [0.2, 0.25) is 0 Å². The maximum Gasteiger partial charge on any atom is 0.389 e. The fraction of sp³-hybridized carbons (Fsp3) is 0.407. The standard InChI is InChI=1S/C27H29F3N6O2/c1-14-8-7-11-31-21(14)18(9-10-27(28,29)30)36-19-12-17(20-15(2)34-38-16(20)3)13-32-22(19)23-24(36)25(26(4,5)37)33-35(23)6/h7-8,11-13,18,37H,9-10H2,1-6H3. The Morgan fingerprint density at radius 2 is 1.84 bits per heavy atom. The van der Waals surface area contributed by atoms with E-state index in [4.69, 9.17) is 9.51 Å². The van der Waals surface area contributed by atoms with Crippen LogP contribution in [0.2, 0.25) is 0 Å². The van der Waals surface area contributed by atoms with Gasteiger partial charge < -0.3 is 14.2 Å². The minimum Gasteiger partial charge on any atom is -0.384 e. The third-order valence-electron chi connectivity index (χ3n) is 6.89. The number of rotatable bonds is 6. The van der Waals surface area contributed by atoms with E-state index in [0.29, 0.717) is 44.9 Å². The fourth-order valence-corrected chi connectivity index (χ4v) is 5.25. The quantitative estimate of drug-likeness (QED) is 0.289. The number of hydrogen-bond donors (Lipinski definition) is 1. The lowest BCUT2D eigenvalue weighted by molar-refractivity contribution is -0.136. The van der Waals surface area contributed by atoms with E-state index in [1.54, 1.807) is 51.0 Å². The summed E-state index contributed by atoms with van der Waals surface area (Å²) in [6.45, 7) is 8.67. The highest BCUT2D eigenvalue weighted by molar-refractivity contribution is 6.06. The Bertz CT molecular complexity index is 1640. The van der Waals surface area contributed by atoms with E-state index in [1.807, 2.05) is 30.5 Å². The first-order chi connectivity index (χ1) is 17.8. The second-order valence-corrected chi connectivity index (χ2v) is 10.3. The predicted molar refractivity (Wildman–Crippen MR) is 137 cm³/mol. The highest BCUT2D eigenvalue weighted by Gasteiger charge is 2.35. The molecule has 0 aliphatic rings. The van der Waals surface area contributed by atoms with E-state index in [2.05, 4.69) is 15.2 Å². The molecular formula is C27H29F3N6O2. The molecule has 5 aromatic heterocycles. The van der Waals surface area contributed by atoms with Gasteiger partial charge in [0, 0.05) is 37.0 Å². The summed E-state index contributed by atoms with van der Waals surface area (Å²) in [5, 5.41) is 19.7. The number of pyridine rings is 2. The van der Waals surface area contributed by atoms with Gasteiger partial charge in [-0.05, 0) is 58.7 Å². The molecule has 1 unspecified atom stereocenters. The van der Waals surface area contributed by atoms with Gasteiger partial charge in [-0.1, -0.05) is 11.2 Å². The van der Waals surface area contributed by atoms with Crippen molar-refractivity contribution < 1.29 is 22.8 Å². The molecule has 0 bridgehead atoms. The van der Waals surface area contributed by atoms with Gasteiger partial charge in [-0.3, -0.25) is 14.6 Å². The Morgan fingerprint density at radius 3 is 2.45 bits per heavy atom. The Hall–Kier alpha value is -3.73. The summed E-state index contributed by atoms with van der Waals surface area (Å²) in [6.07, 6.45) is -2.34. The van der Waals surface area contributed by atoms with Gasteiger partial charge in [0.1, 0.15) is 28.1 Å². The highest BCUT2D eigenvalue weighted by atomic mass is 19.4. The molecule has 8 nitrogen and oxygen atoms in total. The van der Waals surface area contributed by atoms with E-state index in [9.17, 15) is 18.3 Å². The molecule has 0 aromatic carbocycles. The molecule has 5 heterocycles. The summed E-state index contributed by atoms with van der Waals surface area (Å²) in [5.74, 6) is 0.611. The lowest BCUT2D eigenvalue weighted by atomic mass is 10.0. The maximum atomic E-state index is 13.6. The fourth-order valence-electron chi connectivity index (χ4n) is 5.25. The first-order valence-electron chi connectivity index (χ1n) is 12.3. The third kappa shape index (κ3) is 4.34. The van der Waals surface area contributed by atoms with Crippen molar-refractivity contribution in [2.24, 2.45) is 7.05 Å². The van der Waals surface area contributed by atoms with E-state index >= 15 is 0 Å². The van der Waals surface area contributed by atoms with Gasteiger partial charge in [0.15, 0.2) is 0 Å². The van der Waals surface area contributed by atoms with E-state index in [0.717, 1.165) is 16.7 Å². The normalized spacial score (nSPS) is 13.6. The van der Waals surface area contributed by atoms with Gasteiger partial charge in [-0.25, -0.2) is 0 Å². The average molecular weight is 527 g/mol. The van der Waals surface area contributed by atoms with Crippen LogP contribution in [0.1, 0.15) is 61.1 Å².